The number of furan rings is 1. The largest absolute Gasteiger partial charge is 0.457 e. The molecule has 0 aliphatic heterocycles. The van der Waals surface area contributed by atoms with Crippen molar-refractivity contribution in [2.45, 2.75) is 0 Å². The van der Waals surface area contributed by atoms with Crippen LogP contribution in [0.2, 0.25) is 0 Å². The molecule has 0 saturated carbocycles. The van der Waals surface area contributed by atoms with E-state index in [9.17, 15) is 0 Å². The molecule has 0 N–H and O–H groups in total. The molecule has 24 heavy (non-hydrogen) atoms. The lowest BCUT2D eigenvalue weighted by molar-refractivity contribution is -0.642. The Morgan fingerprint density at radius 2 is 1.75 bits per heavy atom. The van der Waals surface area contributed by atoms with Gasteiger partial charge in [-0.15, -0.1) is 0 Å². The molecule has 2 heterocycles. The number of para-hydroxylation sites is 1. The van der Waals surface area contributed by atoms with Crippen LogP contribution in [0, 0.1) is 0 Å². The smallest absolute Gasteiger partial charge is 0.262 e. The lowest BCUT2D eigenvalue weighted by Crippen LogP contribution is -2.28. The Bertz CT molecular complexity index is 1030. The standard InChI is InChI=1S/C20H15BrNOS/c1-22-17-4-2-3-5-19(17)24-20(22)13-11-16-10-12-18(23-16)14-6-8-15(21)9-7-14/h2-13H,1H3/q+1. The molecule has 0 saturated heterocycles. The molecule has 2 aromatic carbocycles. The van der Waals surface area contributed by atoms with E-state index in [2.05, 4.69) is 57.9 Å². The first-order valence-corrected chi connectivity index (χ1v) is 9.23. The van der Waals surface area contributed by atoms with Gasteiger partial charge in [-0.05, 0) is 36.4 Å². The van der Waals surface area contributed by atoms with Crippen molar-refractivity contribution >= 4 is 49.6 Å². The van der Waals surface area contributed by atoms with Crippen LogP contribution in [0.25, 0.3) is 33.7 Å². The second-order valence-corrected chi connectivity index (χ2v) is 7.49. The van der Waals surface area contributed by atoms with Gasteiger partial charge in [0.25, 0.3) is 5.01 Å². The van der Waals surface area contributed by atoms with Gasteiger partial charge in [0.15, 0.2) is 0 Å². The van der Waals surface area contributed by atoms with Crippen molar-refractivity contribution < 1.29 is 8.98 Å². The maximum atomic E-state index is 5.94. The highest BCUT2D eigenvalue weighted by Gasteiger charge is 2.13. The predicted octanol–water partition coefficient (Wildman–Crippen LogP) is 5.92. The maximum absolute atomic E-state index is 5.94. The molecule has 0 bridgehead atoms. The van der Waals surface area contributed by atoms with Crippen molar-refractivity contribution in [3.8, 4) is 11.3 Å². The van der Waals surface area contributed by atoms with Crippen molar-refractivity contribution in [2.24, 2.45) is 7.05 Å². The van der Waals surface area contributed by atoms with Crippen LogP contribution >= 0.6 is 27.3 Å². The molecule has 0 aliphatic carbocycles. The quantitative estimate of drug-likeness (QED) is 0.392. The average Bonchev–Trinajstić information content (AvgIpc) is 3.19. The van der Waals surface area contributed by atoms with Gasteiger partial charge in [0.2, 0.25) is 5.52 Å². The molecular weight excluding hydrogens is 382 g/mol. The summed E-state index contributed by atoms with van der Waals surface area (Å²) < 4.78 is 10.5. The van der Waals surface area contributed by atoms with E-state index in [1.165, 1.54) is 15.2 Å². The highest BCUT2D eigenvalue weighted by atomic mass is 79.9. The molecular formula is C20H15BrNOS+. The number of hydrogen-bond donors (Lipinski definition) is 0. The van der Waals surface area contributed by atoms with Crippen molar-refractivity contribution in [3.05, 3.63) is 75.9 Å². The summed E-state index contributed by atoms with van der Waals surface area (Å²) in [5.74, 6) is 1.73. The third kappa shape index (κ3) is 2.95. The van der Waals surface area contributed by atoms with Gasteiger partial charge in [-0.1, -0.05) is 51.5 Å². The molecule has 0 aliphatic rings. The Kier molecular flexibility index (Phi) is 4.08. The summed E-state index contributed by atoms with van der Waals surface area (Å²) in [5.41, 5.74) is 2.32. The van der Waals surface area contributed by atoms with Gasteiger partial charge in [-0.25, -0.2) is 0 Å². The van der Waals surface area contributed by atoms with Crippen LogP contribution in [-0.2, 0) is 7.05 Å². The molecule has 0 fully saturated rings. The molecule has 0 spiro atoms. The molecule has 2 aromatic heterocycles. The summed E-state index contributed by atoms with van der Waals surface area (Å²) in [7, 11) is 2.09. The maximum Gasteiger partial charge on any atom is 0.262 e. The minimum absolute atomic E-state index is 0.852. The van der Waals surface area contributed by atoms with Crippen LogP contribution in [0.4, 0.5) is 0 Å². The van der Waals surface area contributed by atoms with Gasteiger partial charge in [-0.3, -0.25) is 0 Å². The van der Waals surface area contributed by atoms with Gasteiger partial charge in [0.1, 0.15) is 23.3 Å². The Labute approximate surface area is 152 Å². The van der Waals surface area contributed by atoms with E-state index < -0.39 is 0 Å². The van der Waals surface area contributed by atoms with Crippen molar-refractivity contribution in [1.82, 2.24) is 0 Å². The van der Waals surface area contributed by atoms with E-state index in [-0.39, 0.29) is 0 Å². The number of thiazole rings is 1. The van der Waals surface area contributed by atoms with E-state index in [1.807, 2.05) is 42.5 Å². The third-order valence-electron chi connectivity index (χ3n) is 3.92. The monoisotopic (exact) mass is 396 g/mol. The summed E-state index contributed by atoms with van der Waals surface area (Å²) in [6.45, 7) is 0. The summed E-state index contributed by atoms with van der Waals surface area (Å²) in [5, 5.41) is 1.19. The molecule has 0 radical (unpaired) electrons. The number of aromatic nitrogens is 1. The summed E-state index contributed by atoms with van der Waals surface area (Å²) >= 11 is 5.23. The number of halogens is 1. The minimum atomic E-state index is 0.852. The molecule has 4 rings (SSSR count). The number of rotatable bonds is 3. The number of nitrogens with zero attached hydrogens (tertiary/aromatic N) is 1. The first-order chi connectivity index (χ1) is 11.7. The molecule has 0 amide bonds. The first-order valence-electron chi connectivity index (χ1n) is 7.62. The Balaban J connectivity index is 1.62. The van der Waals surface area contributed by atoms with Gasteiger partial charge >= 0.3 is 0 Å². The SMILES string of the molecule is C[n+]1c(C=Cc2ccc(-c3ccc(Br)cc3)o2)sc2ccccc21. The normalized spacial score (nSPS) is 11.6. The van der Waals surface area contributed by atoms with E-state index in [4.69, 9.17) is 4.42 Å². The molecule has 4 aromatic rings. The number of aryl methyl sites for hydroxylation is 1. The van der Waals surface area contributed by atoms with Gasteiger partial charge in [-0.2, -0.15) is 4.57 Å². The van der Waals surface area contributed by atoms with Crippen LogP contribution in [0.1, 0.15) is 10.8 Å². The zero-order chi connectivity index (χ0) is 16.5. The van der Waals surface area contributed by atoms with Crippen molar-refractivity contribution in [3.63, 3.8) is 0 Å². The fraction of sp³-hybridized carbons (Fsp3) is 0.0500. The highest BCUT2D eigenvalue weighted by molar-refractivity contribution is 9.10. The van der Waals surface area contributed by atoms with Gasteiger partial charge < -0.3 is 4.42 Å². The third-order valence-corrected chi connectivity index (χ3v) is 5.63. The van der Waals surface area contributed by atoms with Gasteiger partial charge in [0.05, 0.1) is 0 Å². The first kappa shape index (κ1) is 15.4. The zero-order valence-electron chi connectivity index (χ0n) is 13.1. The topological polar surface area (TPSA) is 17.0 Å². The van der Waals surface area contributed by atoms with Crippen LogP contribution in [-0.4, -0.2) is 0 Å². The molecule has 0 unspecified atom stereocenters. The average molecular weight is 397 g/mol. The Morgan fingerprint density at radius 1 is 0.958 bits per heavy atom. The van der Waals surface area contributed by atoms with Crippen LogP contribution in [0.15, 0.2) is 69.6 Å². The summed E-state index contributed by atoms with van der Waals surface area (Å²) in [6, 6.07) is 20.6. The Morgan fingerprint density at radius 3 is 2.54 bits per heavy atom. The number of benzene rings is 2. The lowest BCUT2D eigenvalue weighted by atomic mass is 10.2. The molecule has 4 heteroatoms. The molecule has 118 valence electrons. The Hall–Kier alpha value is -2.17. The highest BCUT2D eigenvalue weighted by Crippen LogP contribution is 2.26. The fourth-order valence-corrected chi connectivity index (χ4v) is 3.95. The minimum Gasteiger partial charge on any atom is -0.457 e. The van der Waals surface area contributed by atoms with E-state index in [0.717, 1.165) is 21.6 Å². The second-order valence-electron chi connectivity index (χ2n) is 5.51. The van der Waals surface area contributed by atoms with Gasteiger partial charge in [0, 0.05) is 22.2 Å². The fourth-order valence-electron chi connectivity index (χ4n) is 2.63. The van der Waals surface area contributed by atoms with Crippen LogP contribution in [0.5, 0.6) is 0 Å². The molecule has 2 nitrogen and oxygen atoms in total. The van der Waals surface area contributed by atoms with Crippen LogP contribution < -0.4 is 4.57 Å². The van der Waals surface area contributed by atoms with Crippen molar-refractivity contribution in [2.75, 3.05) is 0 Å². The van der Waals surface area contributed by atoms with E-state index in [1.54, 1.807) is 11.3 Å². The lowest BCUT2D eigenvalue weighted by Gasteiger charge is -1.96. The van der Waals surface area contributed by atoms with E-state index >= 15 is 0 Å². The second kappa shape index (κ2) is 6.38. The zero-order valence-corrected chi connectivity index (χ0v) is 15.5. The predicted molar refractivity (Wildman–Crippen MR) is 104 cm³/mol. The van der Waals surface area contributed by atoms with Crippen molar-refractivity contribution in [1.29, 1.82) is 0 Å². The van der Waals surface area contributed by atoms with Crippen LogP contribution in [0.3, 0.4) is 0 Å². The number of fused-ring (bicyclic) bond motifs is 1. The van der Waals surface area contributed by atoms with E-state index in [0.29, 0.717) is 0 Å². The number of hydrogen-bond acceptors (Lipinski definition) is 2. The summed E-state index contributed by atoms with van der Waals surface area (Å²) in [4.78, 5) is 0. The molecule has 0 atom stereocenters. The summed E-state index contributed by atoms with van der Waals surface area (Å²) in [6.07, 6.45) is 4.13.